The smallest absolute Gasteiger partial charge is 0.0641 e. The van der Waals surface area contributed by atoms with E-state index in [2.05, 4.69) is 6.58 Å². The molecule has 0 amide bonds. The van der Waals surface area contributed by atoms with Crippen LogP contribution in [0.1, 0.15) is 24.4 Å². The van der Waals surface area contributed by atoms with Gasteiger partial charge in [-0.3, -0.25) is 0 Å². The van der Waals surface area contributed by atoms with Gasteiger partial charge in [0.05, 0.1) is 10.0 Å². The Labute approximate surface area is 105 Å². The van der Waals surface area contributed by atoms with Crippen molar-refractivity contribution in [2.24, 2.45) is 5.73 Å². The molecule has 15 heavy (non-hydrogen) atoms. The quantitative estimate of drug-likeness (QED) is 0.623. The first-order valence-electron chi connectivity index (χ1n) is 4.57. The summed E-state index contributed by atoms with van der Waals surface area (Å²) in [5.41, 5.74) is 6.76. The monoisotopic (exact) mass is 263 g/mol. The van der Waals surface area contributed by atoms with Gasteiger partial charge in [-0.05, 0) is 30.5 Å². The van der Waals surface area contributed by atoms with E-state index in [1.807, 2.05) is 6.08 Å². The van der Waals surface area contributed by atoms with Gasteiger partial charge in [-0.25, -0.2) is 0 Å². The summed E-state index contributed by atoms with van der Waals surface area (Å²) < 4.78 is 0. The summed E-state index contributed by atoms with van der Waals surface area (Å²) in [5, 5.41) is 1.47. The summed E-state index contributed by atoms with van der Waals surface area (Å²) in [4.78, 5) is 0. The highest BCUT2D eigenvalue weighted by Crippen LogP contribution is 2.33. The second-order valence-electron chi connectivity index (χ2n) is 3.26. The van der Waals surface area contributed by atoms with Crippen molar-refractivity contribution in [2.45, 2.75) is 18.9 Å². The van der Waals surface area contributed by atoms with Crippen LogP contribution in [0.5, 0.6) is 0 Å². The summed E-state index contributed by atoms with van der Waals surface area (Å²) in [5.74, 6) is 0. The third-order valence-corrected chi connectivity index (χ3v) is 3.14. The number of nitrogens with two attached hydrogens (primary N) is 1. The van der Waals surface area contributed by atoms with Gasteiger partial charge in [0.25, 0.3) is 0 Å². The number of benzene rings is 1. The first kappa shape index (κ1) is 12.9. The van der Waals surface area contributed by atoms with E-state index in [-0.39, 0.29) is 6.04 Å². The Kier molecular flexibility index (Phi) is 4.94. The largest absolute Gasteiger partial charge is 0.324 e. The predicted octanol–water partition coefficient (Wildman–Crippen LogP) is 4.61. The third kappa shape index (κ3) is 3.39. The van der Waals surface area contributed by atoms with Gasteiger partial charge in [0, 0.05) is 11.1 Å². The topological polar surface area (TPSA) is 26.0 Å². The zero-order chi connectivity index (χ0) is 11.4. The van der Waals surface area contributed by atoms with Gasteiger partial charge in [0.1, 0.15) is 0 Å². The normalized spacial score (nSPS) is 12.5. The fourth-order valence-corrected chi connectivity index (χ4v) is 2.06. The van der Waals surface area contributed by atoms with Crippen molar-refractivity contribution in [1.82, 2.24) is 0 Å². The molecule has 1 atom stereocenters. The lowest BCUT2D eigenvalue weighted by Crippen LogP contribution is -2.10. The van der Waals surface area contributed by atoms with Gasteiger partial charge in [-0.15, -0.1) is 6.58 Å². The maximum Gasteiger partial charge on any atom is 0.0641 e. The number of hydrogen-bond donors (Lipinski definition) is 1. The Bertz CT molecular complexity index is 363. The van der Waals surface area contributed by atoms with Crippen molar-refractivity contribution >= 4 is 34.8 Å². The lowest BCUT2D eigenvalue weighted by atomic mass is 10.0. The minimum atomic E-state index is -0.160. The number of hydrogen-bond acceptors (Lipinski definition) is 1. The van der Waals surface area contributed by atoms with Crippen molar-refractivity contribution in [2.75, 3.05) is 0 Å². The molecule has 1 aromatic carbocycles. The van der Waals surface area contributed by atoms with Crippen molar-refractivity contribution in [3.8, 4) is 0 Å². The van der Waals surface area contributed by atoms with Crippen LogP contribution in [0.4, 0.5) is 0 Å². The lowest BCUT2D eigenvalue weighted by molar-refractivity contribution is 0.662. The van der Waals surface area contributed by atoms with E-state index in [9.17, 15) is 0 Å². The Hall–Kier alpha value is -0.210. The van der Waals surface area contributed by atoms with Crippen LogP contribution in [-0.2, 0) is 0 Å². The molecule has 0 aliphatic heterocycles. The van der Waals surface area contributed by atoms with Crippen LogP contribution >= 0.6 is 34.8 Å². The van der Waals surface area contributed by atoms with Crippen LogP contribution in [0.15, 0.2) is 24.8 Å². The van der Waals surface area contributed by atoms with Crippen LogP contribution in [0, 0.1) is 0 Å². The van der Waals surface area contributed by atoms with Crippen LogP contribution in [-0.4, -0.2) is 0 Å². The van der Waals surface area contributed by atoms with E-state index in [4.69, 9.17) is 40.5 Å². The van der Waals surface area contributed by atoms with E-state index < -0.39 is 0 Å². The molecule has 0 bridgehead atoms. The highest BCUT2D eigenvalue weighted by molar-refractivity contribution is 6.43. The molecule has 1 rings (SSSR count). The van der Waals surface area contributed by atoms with Crippen molar-refractivity contribution in [3.05, 3.63) is 45.4 Å². The fraction of sp³-hybridized carbons (Fsp3) is 0.273. The summed E-state index contributed by atoms with van der Waals surface area (Å²) in [7, 11) is 0. The van der Waals surface area contributed by atoms with Gasteiger partial charge in [0.15, 0.2) is 0 Å². The number of allylic oxidation sites excluding steroid dienone is 1. The van der Waals surface area contributed by atoms with E-state index in [0.717, 1.165) is 18.4 Å². The minimum absolute atomic E-state index is 0.160. The zero-order valence-electron chi connectivity index (χ0n) is 8.14. The molecular weight excluding hydrogens is 252 g/mol. The van der Waals surface area contributed by atoms with E-state index in [1.54, 1.807) is 12.1 Å². The average molecular weight is 265 g/mol. The SMILES string of the molecule is C=CCC[C@@H](N)c1cc(Cl)cc(Cl)c1Cl. The molecule has 82 valence electrons. The van der Waals surface area contributed by atoms with Crippen molar-refractivity contribution in [3.63, 3.8) is 0 Å². The molecule has 4 heteroatoms. The Morgan fingerprint density at radius 2 is 2.00 bits per heavy atom. The summed E-state index contributed by atoms with van der Waals surface area (Å²) in [6, 6.07) is 3.20. The molecule has 0 spiro atoms. The second kappa shape index (κ2) is 5.76. The zero-order valence-corrected chi connectivity index (χ0v) is 10.4. The average Bonchev–Trinajstić information content (AvgIpc) is 2.19. The third-order valence-electron chi connectivity index (χ3n) is 2.10. The summed E-state index contributed by atoms with van der Waals surface area (Å²) in [6.45, 7) is 3.64. The molecular formula is C11H12Cl3N. The Morgan fingerprint density at radius 3 is 2.60 bits per heavy atom. The van der Waals surface area contributed by atoms with Gasteiger partial charge in [0.2, 0.25) is 0 Å². The minimum Gasteiger partial charge on any atom is -0.324 e. The molecule has 0 aliphatic rings. The highest BCUT2D eigenvalue weighted by atomic mass is 35.5. The number of rotatable bonds is 4. The molecule has 0 saturated heterocycles. The summed E-state index contributed by atoms with van der Waals surface area (Å²) >= 11 is 17.8. The van der Waals surface area contributed by atoms with Crippen molar-refractivity contribution in [1.29, 1.82) is 0 Å². The van der Waals surface area contributed by atoms with Gasteiger partial charge < -0.3 is 5.73 Å². The standard InChI is InChI=1S/C11H12Cl3N/c1-2-3-4-10(15)8-5-7(12)6-9(13)11(8)14/h2,5-6,10H,1,3-4,15H2/t10-/m1/s1. The lowest BCUT2D eigenvalue weighted by Gasteiger charge is -2.14. The number of halogens is 3. The van der Waals surface area contributed by atoms with Crippen LogP contribution in [0.3, 0.4) is 0 Å². The van der Waals surface area contributed by atoms with Gasteiger partial charge in [-0.1, -0.05) is 40.9 Å². The van der Waals surface area contributed by atoms with E-state index in [0.29, 0.717) is 15.1 Å². The Morgan fingerprint density at radius 1 is 1.33 bits per heavy atom. The molecule has 0 aliphatic carbocycles. The molecule has 0 heterocycles. The maximum absolute atomic E-state index is 6.04. The maximum atomic E-state index is 6.04. The molecule has 0 saturated carbocycles. The molecule has 0 aromatic heterocycles. The first-order chi connectivity index (χ1) is 7.06. The molecule has 0 fully saturated rings. The molecule has 1 aromatic rings. The molecule has 0 radical (unpaired) electrons. The predicted molar refractivity (Wildman–Crippen MR) is 67.8 cm³/mol. The van der Waals surface area contributed by atoms with Gasteiger partial charge in [-0.2, -0.15) is 0 Å². The fourth-order valence-electron chi connectivity index (χ4n) is 1.30. The van der Waals surface area contributed by atoms with Crippen LogP contribution in [0.2, 0.25) is 15.1 Å². The molecule has 0 unspecified atom stereocenters. The second-order valence-corrected chi connectivity index (χ2v) is 4.48. The van der Waals surface area contributed by atoms with Crippen LogP contribution < -0.4 is 5.73 Å². The Balaban J connectivity index is 2.96. The van der Waals surface area contributed by atoms with Gasteiger partial charge >= 0.3 is 0 Å². The summed E-state index contributed by atoms with van der Waals surface area (Å²) in [6.07, 6.45) is 3.43. The molecule has 2 N–H and O–H groups in total. The van der Waals surface area contributed by atoms with Crippen molar-refractivity contribution < 1.29 is 0 Å². The van der Waals surface area contributed by atoms with Crippen LogP contribution in [0.25, 0.3) is 0 Å². The first-order valence-corrected chi connectivity index (χ1v) is 5.70. The van der Waals surface area contributed by atoms with E-state index >= 15 is 0 Å². The van der Waals surface area contributed by atoms with E-state index in [1.165, 1.54) is 0 Å². The highest BCUT2D eigenvalue weighted by Gasteiger charge is 2.13. The molecule has 1 nitrogen and oxygen atoms in total.